The fourth-order valence-electron chi connectivity index (χ4n) is 4.73. The Bertz CT molecular complexity index is 1770. The number of benzene rings is 3. The fourth-order valence-corrected chi connectivity index (χ4v) is 4.73. The van der Waals surface area contributed by atoms with Gasteiger partial charge in [0.15, 0.2) is 5.82 Å². The van der Waals surface area contributed by atoms with Gasteiger partial charge in [0, 0.05) is 17.7 Å². The van der Waals surface area contributed by atoms with Crippen molar-refractivity contribution in [1.82, 2.24) is 20.1 Å². The Morgan fingerprint density at radius 3 is 2.45 bits per heavy atom. The van der Waals surface area contributed by atoms with E-state index in [1.54, 1.807) is 49.4 Å². The number of nitrogens with one attached hydrogen (secondary N) is 2. The number of rotatable bonds is 6. The number of amides is 3. The first kappa shape index (κ1) is 28.8. The third kappa shape index (κ3) is 6.07. The molecule has 2 heterocycles. The number of anilines is 2. The third-order valence-corrected chi connectivity index (χ3v) is 6.92. The Morgan fingerprint density at radius 1 is 1.09 bits per heavy atom. The average molecular weight is 612 g/mol. The molecule has 1 atom stereocenters. The molecular weight excluding hydrogens is 589 g/mol. The summed E-state index contributed by atoms with van der Waals surface area (Å²) in [6, 6.07) is 15.6. The number of hydrogen-bond donors (Lipinski definition) is 2. The average Bonchev–Trinajstić information content (AvgIpc) is 3.27. The second-order valence-electron chi connectivity index (χ2n) is 10.2. The van der Waals surface area contributed by atoms with E-state index in [0.29, 0.717) is 28.3 Å². The van der Waals surface area contributed by atoms with Crippen LogP contribution < -0.4 is 20.3 Å². The van der Waals surface area contributed by atoms with E-state index in [9.17, 15) is 31.5 Å². The van der Waals surface area contributed by atoms with Gasteiger partial charge in [-0.15, -0.1) is 18.3 Å². The van der Waals surface area contributed by atoms with Crippen molar-refractivity contribution in [3.8, 4) is 22.8 Å². The lowest BCUT2D eigenvalue weighted by molar-refractivity contribution is -0.274. The first-order valence-corrected chi connectivity index (χ1v) is 13.2. The van der Waals surface area contributed by atoms with Gasteiger partial charge in [-0.25, -0.2) is 28.1 Å². The zero-order chi connectivity index (χ0) is 31.2. The number of aryl methyl sites for hydroxylation is 1. The molecule has 2 N–H and O–H groups in total. The Hall–Kier alpha value is -5.34. The first-order chi connectivity index (χ1) is 20.9. The van der Waals surface area contributed by atoms with Crippen LogP contribution in [-0.2, 0) is 4.79 Å². The summed E-state index contributed by atoms with van der Waals surface area (Å²) in [6.45, 7) is 1.62. The zero-order valence-electron chi connectivity index (χ0n) is 22.8. The van der Waals surface area contributed by atoms with Crippen molar-refractivity contribution < 1.29 is 36.3 Å². The van der Waals surface area contributed by atoms with E-state index in [1.807, 2.05) is 0 Å². The summed E-state index contributed by atoms with van der Waals surface area (Å²) in [5, 5.41) is 9.70. The quantitative estimate of drug-likeness (QED) is 0.267. The molecule has 6 rings (SSSR count). The van der Waals surface area contributed by atoms with E-state index >= 15 is 0 Å². The van der Waals surface area contributed by atoms with Crippen LogP contribution in [0.15, 0.2) is 78.0 Å². The highest BCUT2D eigenvalue weighted by Gasteiger charge is 2.58. The summed E-state index contributed by atoms with van der Waals surface area (Å²) in [6.07, 6.45) is -3.71. The number of aliphatic imine (C=N–C) groups is 1. The number of alkyl halides is 5. The lowest BCUT2D eigenvalue weighted by atomic mass is 10.0. The fraction of sp³-hybridized carbons (Fsp3) is 0.207. The summed E-state index contributed by atoms with van der Waals surface area (Å²) in [4.78, 5) is 34.9. The highest BCUT2D eigenvalue weighted by Crippen LogP contribution is 2.57. The van der Waals surface area contributed by atoms with E-state index in [4.69, 9.17) is 0 Å². The number of hydrogen-bond acceptors (Lipinski definition) is 5. The van der Waals surface area contributed by atoms with Crippen molar-refractivity contribution in [2.75, 3.05) is 16.8 Å². The molecule has 1 aliphatic carbocycles. The molecule has 2 fully saturated rings. The predicted octanol–water partition coefficient (Wildman–Crippen LogP) is 5.79. The van der Waals surface area contributed by atoms with Gasteiger partial charge in [-0.3, -0.25) is 4.79 Å². The molecule has 0 bridgehead atoms. The van der Waals surface area contributed by atoms with Gasteiger partial charge in [-0.1, -0.05) is 12.1 Å². The van der Waals surface area contributed by atoms with Gasteiger partial charge in [0.05, 0.1) is 23.8 Å². The van der Waals surface area contributed by atoms with E-state index in [1.165, 1.54) is 23.1 Å². The number of ether oxygens (including phenoxy) is 1. The molecule has 1 saturated carbocycles. The lowest BCUT2D eigenvalue weighted by Crippen LogP contribution is -2.34. The van der Waals surface area contributed by atoms with Gasteiger partial charge < -0.3 is 15.4 Å². The summed E-state index contributed by atoms with van der Waals surface area (Å²) in [7, 11) is 0. The second kappa shape index (κ2) is 10.7. The molecule has 0 spiro atoms. The van der Waals surface area contributed by atoms with Gasteiger partial charge in [0.2, 0.25) is 5.96 Å². The van der Waals surface area contributed by atoms with Crippen molar-refractivity contribution in [3.05, 3.63) is 84.2 Å². The lowest BCUT2D eigenvalue weighted by Gasteiger charge is -2.20. The van der Waals surface area contributed by atoms with Crippen LogP contribution in [-0.4, -0.2) is 51.5 Å². The van der Waals surface area contributed by atoms with Gasteiger partial charge >= 0.3 is 12.4 Å². The van der Waals surface area contributed by atoms with Crippen LogP contribution in [0, 0.1) is 6.92 Å². The zero-order valence-corrected chi connectivity index (χ0v) is 22.8. The number of urea groups is 1. The van der Waals surface area contributed by atoms with Crippen LogP contribution in [0.3, 0.4) is 0 Å². The van der Waals surface area contributed by atoms with Gasteiger partial charge in [0.1, 0.15) is 12.1 Å². The van der Waals surface area contributed by atoms with Crippen molar-refractivity contribution in [3.63, 3.8) is 0 Å². The maximum Gasteiger partial charge on any atom is 0.573 e. The molecule has 1 saturated heterocycles. The minimum absolute atomic E-state index is 0.0762. The largest absolute Gasteiger partial charge is 0.573 e. The normalized spacial score (nSPS) is 18.3. The van der Waals surface area contributed by atoms with Crippen LogP contribution in [0.2, 0.25) is 0 Å². The SMILES string of the molecule is Cc1ccc(C2CC2(F)F)c(N2C(=O)CN/C2=N\C(=O)Nc2ccc(-c3ncn(-c4ccc(OC(F)(F)F)cc4)n3)cc2)c1. The highest BCUT2D eigenvalue weighted by atomic mass is 19.4. The highest BCUT2D eigenvalue weighted by molar-refractivity contribution is 6.24. The van der Waals surface area contributed by atoms with Crippen LogP contribution in [0.1, 0.15) is 23.5 Å². The number of guanidine groups is 1. The second-order valence-corrected chi connectivity index (χ2v) is 10.2. The molecule has 4 aromatic rings. The first-order valence-electron chi connectivity index (χ1n) is 13.2. The van der Waals surface area contributed by atoms with E-state index in [-0.39, 0.29) is 30.4 Å². The standard InChI is InChI=1S/C29H22F5N7O3/c1-16-2-11-21(22-13-28(22,30)31)23(12-16)41-24(42)14-35-26(41)38-27(43)37-18-5-3-17(4-6-18)25-36-15-40(39-25)19-7-9-20(10-8-19)44-29(32,33)34/h2-12,15,22H,13-14H2,1H3,(H2,35,37,38,43). The van der Waals surface area contributed by atoms with Crippen molar-refractivity contribution in [2.24, 2.45) is 4.99 Å². The molecule has 15 heteroatoms. The molecule has 3 amide bonds. The number of carbonyl (C=O) groups is 2. The number of nitrogens with zero attached hydrogens (tertiary/aromatic N) is 5. The molecular formula is C29H22F5N7O3. The minimum atomic E-state index is -4.79. The number of carbonyl (C=O) groups excluding carboxylic acids is 2. The maximum absolute atomic E-state index is 13.9. The molecule has 0 radical (unpaired) electrons. The van der Waals surface area contributed by atoms with Crippen molar-refractivity contribution in [2.45, 2.75) is 31.5 Å². The smallest absolute Gasteiger partial charge is 0.406 e. The number of aromatic nitrogens is 3. The van der Waals surface area contributed by atoms with Gasteiger partial charge in [-0.2, -0.15) is 4.99 Å². The Morgan fingerprint density at radius 2 is 1.80 bits per heavy atom. The Balaban J connectivity index is 1.14. The minimum Gasteiger partial charge on any atom is -0.406 e. The molecule has 226 valence electrons. The van der Waals surface area contributed by atoms with E-state index in [2.05, 4.69) is 30.4 Å². The molecule has 3 aromatic carbocycles. The molecule has 44 heavy (non-hydrogen) atoms. The van der Waals surface area contributed by atoms with Crippen LogP contribution in [0.4, 0.5) is 38.1 Å². The topological polar surface area (TPSA) is 114 Å². The summed E-state index contributed by atoms with van der Waals surface area (Å²) >= 11 is 0. The molecule has 1 aliphatic heterocycles. The van der Waals surface area contributed by atoms with Crippen LogP contribution >= 0.6 is 0 Å². The maximum atomic E-state index is 13.9. The summed E-state index contributed by atoms with van der Waals surface area (Å²) < 4.78 is 70.3. The monoisotopic (exact) mass is 611 g/mol. The van der Waals surface area contributed by atoms with Crippen molar-refractivity contribution >= 4 is 29.3 Å². The third-order valence-electron chi connectivity index (χ3n) is 6.92. The predicted molar refractivity (Wildman–Crippen MR) is 149 cm³/mol. The summed E-state index contributed by atoms with van der Waals surface area (Å²) in [5.41, 5.74) is 2.73. The Labute approximate surface area is 246 Å². The summed E-state index contributed by atoms with van der Waals surface area (Å²) in [5.74, 6) is -4.43. The molecule has 10 nitrogen and oxygen atoms in total. The number of halogens is 5. The van der Waals surface area contributed by atoms with E-state index < -0.39 is 30.1 Å². The van der Waals surface area contributed by atoms with Gasteiger partial charge in [-0.05, 0) is 72.6 Å². The molecule has 1 aromatic heterocycles. The van der Waals surface area contributed by atoms with Crippen LogP contribution in [0.5, 0.6) is 5.75 Å². The van der Waals surface area contributed by atoms with Gasteiger partial charge in [0.25, 0.3) is 11.8 Å². The van der Waals surface area contributed by atoms with Crippen molar-refractivity contribution in [1.29, 1.82) is 0 Å². The molecule has 2 aliphatic rings. The van der Waals surface area contributed by atoms with Crippen LogP contribution in [0.25, 0.3) is 17.1 Å². The van der Waals surface area contributed by atoms with E-state index in [0.717, 1.165) is 22.6 Å². The Kier molecular flexibility index (Phi) is 7.02. The molecule has 1 unspecified atom stereocenters.